The van der Waals surface area contributed by atoms with E-state index in [0.29, 0.717) is 0 Å². The van der Waals surface area contributed by atoms with Gasteiger partial charge in [0, 0.05) is 0 Å². The van der Waals surface area contributed by atoms with Crippen LogP contribution in [0.4, 0.5) is 0 Å². The molecule has 0 aromatic rings. The molecule has 29 heavy (non-hydrogen) atoms. The van der Waals surface area contributed by atoms with E-state index in [1.807, 2.05) is 0 Å². The molecule has 0 spiro atoms. The normalized spacial score (nSPS) is 5.38. The van der Waals surface area contributed by atoms with Crippen LogP contribution >= 0.6 is 0 Å². The molecular weight excluding hydrogens is 651 g/mol. The third-order valence-corrected chi connectivity index (χ3v) is 2.50. The Morgan fingerprint density at radius 1 is 0.310 bits per heavy atom. The topological polar surface area (TPSA) is 240 Å². The van der Waals surface area contributed by atoms with Crippen molar-refractivity contribution in [3.8, 4) is 0 Å². The molecule has 0 unspecified atom stereocenters. The largest absolute Gasteiger partial charge is 2.00 e. The summed E-state index contributed by atoms with van der Waals surface area (Å²) < 4.78 is 0. The van der Waals surface area contributed by atoms with Crippen molar-refractivity contribution in [2.75, 3.05) is 26.2 Å². The fourth-order valence-corrected chi connectivity index (χ4v) is 1.41. The van der Waals surface area contributed by atoms with Crippen LogP contribution in [0.3, 0.4) is 0 Å². The van der Waals surface area contributed by atoms with E-state index in [1.165, 1.54) is 51.4 Å². The maximum absolute atomic E-state index is 3.77. The van der Waals surface area contributed by atoms with Crippen LogP contribution in [0, 0.1) is 0 Å². The van der Waals surface area contributed by atoms with Crippen LogP contribution in [-0.2, 0) is 30.4 Å². The predicted molar refractivity (Wildman–Crippen MR) is 84.9 cm³/mol. The standard InChI is InChI=1S/2C6H16N2.8ClH.4H2O.Rh/c2*7-5-3-1-2-4-6-8;;;;;;;;;;;;;/h2*1-8H2;8*1H;4*1H2;/q;;;;;;;;;;;;;;+2/p-2. The molecule has 0 saturated carbocycles. The zero-order valence-corrected chi connectivity index (χ0v) is 24.5. The smallest absolute Gasteiger partial charge is 1.00 e. The van der Waals surface area contributed by atoms with E-state index in [0.717, 1.165) is 26.2 Å². The van der Waals surface area contributed by atoms with Crippen molar-refractivity contribution in [1.29, 1.82) is 0 Å². The number of halogens is 8. The van der Waals surface area contributed by atoms with E-state index in [1.54, 1.807) is 0 Å². The molecule has 17 heteroatoms. The van der Waals surface area contributed by atoms with Crippen LogP contribution in [0.5, 0.6) is 0 Å². The maximum Gasteiger partial charge on any atom is 2.00 e. The molecule has 0 rings (SSSR count). The van der Waals surface area contributed by atoms with Crippen LogP contribution in [0.1, 0.15) is 51.4 Å². The molecule has 0 aliphatic rings. The number of quaternary nitrogens is 4. The summed E-state index contributed by atoms with van der Waals surface area (Å²) in [7, 11) is 0. The summed E-state index contributed by atoms with van der Waals surface area (Å²) in [5.74, 6) is 0. The second-order valence-electron chi connectivity index (χ2n) is 4.24. The molecule has 203 valence electrons. The molecule has 1 radical (unpaired) electrons. The van der Waals surface area contributed by atoms with Gasteiger partial charge in [-0.05, 0) is 51.4 Å². The summed E-state index contributed by atoms with van der Waals surface area (Å²) in [6, 6.07) is 0. The second-order valence-corrected chi connectivity index (χ2v) is 4.24. The Bertz CT molecular complexity index is 120. The average Bonchev–Trinajstić information content (AvgIpc) is 2.31. The SMILES string of the molecule is O.O.[Cl-].[Cl-].[Cl-].[Cl-].[Cl-].[Cl-].[Cl-].[Cl-].[NH3+]CCCCCC[NH3+].[NH3+]CCCCCC[NH3+].[OH3+].[OH3+].[Rh+2]. The van der Waals surface area contributed by atoms with Gasteiger partial charge in [0.1, 0.15) is 0 Å². The summed E-state index contributed by atoms with van der Waals surface area (Å²) in [4.78, 5) is 0. The Hall–Kier alpha value is 2.62. The molecule has 0 saturated heterocycles. The molecule has 0 heterocycles. The first-order valence-electron chi connectivity index (χ1n) is 7.00. The van der Waals surface area contributed by atoms with E-state index >= 15 is 0 Å². The predicted octanol–water partition coefficient (Wildman–Crippen LogP) is -29.4. The molecular formula is C12H46Cl8N4O4Rh. The average molecular weight is 697 g/mol. The van der Waals surface area contributed by atoms with Gasteiger partial charge in [-0.15, -0.1) is 0 Å². The fourth-order valence-electron chi connectivity index (χ4n) is 1.41. The van der Waals surface area contributed by atoms with Gasteiger partial charge >= 0.3 is 19.5 Å². The van der Waals surface area contributed by atoms with Crippen molar-refractivity contribution in [3.63, 3.8) is 0 Å². The summed E-state index contributed by atoms with van der Waals surface area (Å²) in [5, 5.41) is 0. The first-order valence-corrected chi connectivity index (χ1v) is 7.00. The van der Waals surface area contributed by atoms with Gasteiger partial charge in [-0.1, -0.05) is 0 Å². The summed E-state index contributed by atoms with van der Waals surface area (Å²) in [6.07, 6.45) is 10.6. The van der Waals surface area contributed by atoms with E-state index in [-0.39, 0.29) is 141 Å². The summed E-state index contributed by atoms with van der Waals surface area (Å²) in [5.41, 5.74) is 15.1. The van der Waals surface area contributed by atoms with Gasteiger partial charge in [0.05, 0.1) is 26.2 Å². The van der Waals surface area contributed by atoms with Gasteiger partial charge in [0.15, 0.2) is 0 Å². The molecule has 0 aliphatic carbocycles. The van der Waals surface area contributed by atoms with E-state index in [4.69, 9.17) is 0 Å². The first-order chi connectivity index (χ1) is 7.83. The Morgan fingerprint density at radius 2 is 0.414 bits per heavy atom. The van der Waals surface area contributed by atoms with Crippen LogP contribution in [0.15, 0.2) is 0 Å². The third-order valence-electron chi connectivity index (χ3n) is 2.50. The quantitative estimate of drug-likeness (QED) is 0.0946. The van der Waals surface area contributed by atoms with Crippen molar-refractivity contribution in [2.45, 2.75) is 51.4 Å². The van der Waals surface area contributed by atoms with Gasteiger partial charge in [0.2, 0.25) is 0 Å². The molecule has 0 aromatic carbocycles. The van der Waals surface area contributed by atoms with Gasteiger partial charge in [-0.25, -0.2) is 0 Å². The fraction of sp³-hybridized carbons (Fsp3) is 1.00. The van der Waals surface area contributed by atoms with Gasteiger partial charge < -0.3 is 144 Å². The zero-order valence-electron chi connectivity index (χ0n) is 16.8. The molecule has 0 aliphatic heterocycles. The maximum atomic E-state index is 3.77. The first kappa shape index (κ1) is 107. The van der Waals surface area contributed by atoms with Crippen molar-refractivity contribution in [3.05, 3.63) is 0 Å². The van der Waals surface area contributed by atoms with Gasteiger partial charge in [-0.2, -0.15) is 0 Å². The molecule has 0 fully saturated rings. The monoisotopic (exact) mass is 693 g/mol. The van der Waals surface area contributed by atoms with Crippen LogP contribution in [0.2, 0.25) is 0 Å². The Balaban J connectivity index is -0.00000000718. The molecule has 0 amide bonds. The third kappa shape index (κ3) is 157. The van der Waals surface area contributed by atoms with Crippen LogP contribution in [0.25, 0.3) is 0 Å². The Kier molecular flexibility index (Phi) is 465. The zero-order chi connectivity index (χ0) is 12.5. The van der Waals surface area contributed by atoms with Crippen LogP contribution in [-0.4, -0.2) is 37.1 Å². The Labute approximate surface area is 239 Å². The molecule has 0 atom stereocenters. The molecule has 0 aromatic heterocycles. The van der Waals surface area contributed by atoms with Crippen molar-refractivity contribution in [1.82, 2.24) is 0 Å². The number of hydrogen-bond acceptors (Lipinski definition) is 0. The van der Waals surface area contributed by atoms with Gasteiger partial charge in [0.25, 0.3) is 0 Å². The molecule has 0 bridgehead atoms. The van der Waals surface area contributed by atoms with E-state index in [9.17, 15) is 0 Å². The minimum atomic E-state index is 0. The number of unbranched alkanes of at least 4 members (excludes halogenated alkanes) is 6. The second kappa shape index (κ2) is 126. The summed E-state index contributed by atoms with van der Waals surface area (Å²) >= 11 is 0. The number of rotatable bonds is 10. The minimum absolute atomic E-state index is 0. The van der Waals surface area contributed by atoms with E-state index < -0.39 is 0 Å². The molecule has 8 nitrogen and oxygen atoms in total. The summed E-state index contributed by atoms with van der Waals surface area (Å²) in [6.45, 7) is 4.38. The Morgan fingerprint density at radius 3 is 0.483 bits per heavy atom. The van der Waals surface area contributed by atoms with Gasteiger partial charge in [-0.3, -0.25) is 0 Å². The number of hydrogen-bond donors (Lipinski definition) is 4. The van der Waals surface area contributed by atoms with Crippen molar-refractivity contribution in [2.24, 2.45) is 0 Å². The van der Waals surface area contributed by atoms with Crippen molar-refractivity contribution < 1.29 is 164 Å². The van der Waals surface area contributed by atoms with E-state index in [2.05, 4.69) is 22.9 Å². The van der Waals surface area contributed by atoms with Crippen LogP contribution < -0.4 is 122 Å². The molecule has 22 N–H and O–H groups in total. The minimum Gasteiger partial charge on any atom is -1.00 e. The van der Waals surface area contributed by atoms with Crippen molar-refractivity contribution >= 4 is 0 Å².